The van der Waals surface area contributed by atoms with E-state index in [1.807, 2.05) is 0 Å². The molecule has 1 aliphatic carbocycles. The van der Waals surface area contributed by atoms with Gasteiger partial charge in [0.05, 0.1) is 24.8 Å². The number of methoxy groups -OCH3 is 1. The van der Waals surface area contributed by atoms with Crippen LogP contribution in [-0.4, -0.2) is 30.3 Å². The minimum absolute atomic E-state index is 0.0291. The Bertz CT molecular complexity index is 464. The van der Waals surface area contributed by atoms with Gasteiger partial charge in [-0.15, -0.1) is 0 Å². The van der Waals surface area contributed by atoms with Crippen molar-refractivity contribution in [3.05, 3.63) is 29.6 Å². The van der Waals surface area contributed by atoms with Gasteiger partial charge in [-0.1, -0.05) is 12.8 Å². The zero-order chi connectivity index (χ0) is 13.8. The number of halogens is 1. The standard InChI is InChI=1S/C14H18FNO3/c1-19-9-6-7-10(11(15)8-9)14(18)16-12-4-2-3-5-13(12)17/h6-8,12-13,17H,2-5H2,1H3,(H,16,18)/t12-,13-/m1/s1. The Hall–Kier alpha value is -1.62. The average molecular weight is 267 g/mol. The number of hydrogen-bond acceptors (Lipinski definition) is 3. The molecule has 104 valence electrons. The van der Waals surface area contributed by atoms with E-state index >= 15 is 0 Å². The summed E-state index contributed by atoms with van der Waals surface area (Å²) in [6.07, 6.45) is 2.79. The van der Waals surface area contributed by atoms with E-state index in [1.165, 1.54) is 25.3 Å². The molecule has 4 nitrogen and oxygen atoms in total. The fourth-order valence-corrected chi connectivity index (χ4v) is 2.33. The van der Waals surface area contributed by atoms with Gasteiger partial charge in [0, 0.05) is 6.07 Å². The Balaban J connectivity index is 2.07. The first-order chi connectivity index (χ1) is 9.11. The summed E-state index contributed by atoms with van der Waals surface area (Å²) in [5.74, 6) is -0.750. The van der Waals surface area contributed by atoms with Gasteiger partial charge in [-0.25, -0.2) is 4.39 Å². The largest absolute Gasteiger partial charge is 0.497 e. The molecule has 0 unspecified atom stereocenters. The van der Waals surface area contributed by atoms with Gasteiger partial charge in [0.2, 0.25) is 0 Å². The van der Waals surface area contributed by atoms with E-state index < -0.39 is 17.8 Å². The molecule has 1 aromatic rings. The highest BCUT2D eigenvalue weighted by molar-refractivity contribution is 5.94. The van der Waals surface area contributed by atoms with Gasteiger partial charge in [0.15, 0.2) is 0 Å². The van der Waals surface area contributed by atoms with Crippen LogP contribution in [0, 0.1) is 5.82 Å². The number of amides is 1. The van der Waals surface area contributed by atoms with E-state index in [0.29, 0.717) is 12.2 Å². The zero-order valence-electron chi connectivity index (χ0n) is 10.9. The van der Waals surface area contributed by atoms with E-state index in [0.717, 1.165) is 19.3 Å². The molecule has 0 aliphatic heterocycles. The van der Waals surface area contributed by atoms with Gasteiger partial charge >= 0.3 is 0 Å². The molecule has 2 atom stereocenters. The van der Waals surface area contributed by atoms with Crippen LogP contribution in [-0.2, 0) is 0 Å². The Morgan fingerprint density at radius 1 is 1.42 bits per heavy atom. The van der Waals surface area contributed by atoms with E-state index in [9.17, 15) is 14.3 Å². The second kappa shape index (κ2) is 6.02. The SMILES string of the molecule is COc1ccc(C(=O)N[C@@H]2CCCC[C@H]2O)c(F)c1. The molecule has 1 aliphatic rings. The second-order valence-corrected chi connectivity index (χ2v) is 4.78. The minimum Gasteiger partial charge on any atom is -0.497 e. The highest BCUT2D eigenvalue weighted by Crippen LogP contribution is 2.20. The van der Waals surface area contributed by atoms with Crippen LogP contribution in [0.1, 0.15) is 36.0 Å². The first kappa shape index (κ1) is 13.8. The molecule has 0 bridgehead atoms. The number of aliphatic hydroxyl groups is 1. The quantitative estimate of drug-likeness (QED) is 0.879. The van der Waals surface area contributed by atoms with Crippen LogP contribution in [0.4, 0.5) is 4.39 Å². The van der Waals surface area contributed by atoms with Crippen molar-refractivity contribution in [1.29, 1.82) is 0 Å². The smallest absolute Gasteiger partial charge is 0.254 e. The summed E-state index contributed by atoms with van der Waals surface area (Å²) in [4.78, 5) is 12.0. The fourth-order valence-electron chi connectivity index (χ4n) is 2.33. The molecule has 0 heterocycles. The van der Waals surface area contributed by atoms with Crippen molar-refractivity contribution in [2.75, 3.05) is 7.11 Å². The van der Waals surface area contributed by atoms with Crippen molar-refractivity contribution < 1.29 is 19.0 Å². The number of hydrogen-bond donors (Lipinski definition) is 2. The van der Waals surface area contributed by atoms with Gasteiger partial charge in [-0.05, 0) is 25.0 Å². The predicted molar refractivity (Wildman–Crippen MR) is 68.7 cm³/mol. The number of ether oxygens (including phenoxy) is 1. The molecule has 0 radical (unpaired) electrons. The molecule has 2 rings (SSSR count). The maximum Gasteiger partial charge on any atom is 0.254 e. The summed E-state index contributed by atoms with van der Waals surface area (Å²) >= 11 is 0. The molecule has 1 fully saturated rings. The van der Waals surface area contributed by atoms with Crippen LogP contribution >= 0.6 is 0 Å². The number of carbonyl (C=O) groups excluding carboxylic acids is 1. The molecular weight excluding hydrogens is 249 g/mol. The summed E-state index contributed by atoms with van der Waals surface area (Å²) in [7, 11) is 1.44. The summed E-state index contributed by atoms with van der Waals surface area (Å²) < 4.78 is 18.6. The number of benzene rings is 1. The van der Waals surface area contributed by atoms with Crippen molar-refractivity contribution in [3.63, 3.8) is 0 Å². The van der Waals surface area contributed by atoms with Gasteiger partial charge in [0.25, 0.3) is 5.91 Å². The molecule has 1 saturated carbocycles. The Labute approximate surface area is 111 Å². The summed E-state index contributed by atoms with van der Waals surface area (Å²) in [5.41, 5.74) is -0.0291. The number of nitrogens with one attached hydrogen (secondary N) is 1. The third-order valence-electron chi connectivity index (χ3n) is 3.47. The van der Waals surface area contributed by atoms with E-state index in [1.54, 1.807) is 0 Å². The Kier molecular flexibility index (Phi) is 4.37. The second-order valence-electron chi connectivity index (χ2n) is 4.78. The van der Waals surface area contributed by atoms with Crippen LogP contribution < -0.4 is 10.1 Å². The lowest BCUT2D eigenvalue weighted by atomic mass is 9.92. The number of aliphatic hydroxyl groups excluding tert-OH is 1. The van der Waals surface area contributed by atoms with E-state index in [2.05, 4.69) is 5.32 Å². The minimum atomic E-state index is -0.623. The third kappa shape index (κ3) is 3.23. The number of rotatable bonds is 3. The lowest BCUT2D eigenvalue weighted by Crippen LogP contribution is -2.45. The van der Waals surface area contributed by atoms with Gasteiger partial charge in [-0.3, -0.25) is 4.79 Å². The molecule has 2 N–H and O–H groups in total. The van der Waals surface area contributed by atoms with Crippen molar-refractivity contribution in [2.24, 2.45) is 0 Å². The topological polar surface area (TPSA) is 58.6 Å². The van der Waals surface area contributed by atoms with E-state index in [4.69, 9.17) is 4.74 Å². The van der Waals surface area contributed by atoms with Crippen LogP contribution in [0.15, 0.2) is 18.2 Å². The Morgan fingerprint density at radius 3 is 2.79 bits per heavy atom. The highest BCUT2D eigenvalue weighted by atomic mass is 19.1. The molecule has 0 spiro atoms. The van der Waals surface area contributed by atoms with Gasteiger partial charge < -0.3 is 15.2 Å². The zero-order valence-corrected chi connectivity index (χ0v) is 10.9. The maximum absolute atomic E-state index is 13.7. The first-order valence-corrected chi connectivity index (χ1v) is 6.44. The van der Waals surface area contributed by atoms with Crippen LogP contribution in [0.25, 0.3) is 0 Å². The maximum atomic E-state index is 13.7. The summed E-state index contributed by atoms with van der Waals surface area (Å²) in [6, 6.07) is 3.81. The fraction of sp³-hybridized carbons (Fsp3) is 0.500. The lowest BCUT2D eigenvalue weighted by molar-refractivity contribution is 0.0714. The van der Waals surface area contributed by atoms with Crippen molar-refractivity contribution in [2.45, 2.75) is 37.8 Å². The molecule has 1 aromatic carbocycles. The number of carbonyl (C=O) groups is 1. The van der Waals surface area contributed by atoms with Crippen LogP contribution in [0.5, 0.6) is 5.75 Å². The molecule has 5 heteroatoms. The lowest BCUT2D eigenvalue weighted by Gasteiger charge is -2.28. The molecule has 0 saturated heterocycles. The van der Waals surface area contributed by atoms with Crippen molar-refractivity contribution >= 4 is 5.91 Å². The third-order valence-corrected chi connectivity index (χ3v) is 3.47. The Morgan fingerprint density at radius 2 is 2.16 bits per heavy atom. The summed E-state index contributed by atoms with van der Waals surface area (Å²) in [6.45, 7) is 0. The average Bonchev–Trinajstić information content (AvgIpc) is 2.41. The van der Waals surface area contributed by atoms with Crippen LogP contribution in [0.3, 0.4) is 0 Å². The van der Waals surface area contributed by atoms with Crippen molar-refractivity contribution in [3.8, 4) is 5.75 Å². The van der Waals surface area contributed by atoms with Gasteiger partial charge in [-0.2, -0.15) is 0 Å². The monoisotopic (exact) mass is 267 g/mol. The predicted octanol–water partition coefficient (Wildman–Crippen LogP) is 1.87. The molecular formula is C14H18FNO3. The van der Waals surface area contributed by atoms with Crippen LogP contribution in [0.2, 0.25) is 0 Å². The first-order valence-electron chi connectivity index (χ1n) is 6.44. The van der Waals surface area contributed by atoms with Crippen molar-refractivity contribution in [1.82, 2.24) is 5.32 Å². The molecule has 1 amide bonds. The normalized spacial score (nSPS) is 22.9. The van der Waals surface area contributed by atoms with Gasteiger partial charge in [0.1, 0.15) is 11.6 Å². The molecule has 0 aromatic heterocycles. The summed E-state index contributed by atoms with van der Waals surface area (Å²) in [5, 5.41) is 12.5. The molecule has 19 heavy (non-hydrogen) atoms. The van der Waals surface area contributed by atoms with E-state index in [-0.39, 0.29) is 11.6 Å². The highest BCUT2D eigenvalue weighted by Gasteiger charge is 2.25.